The van der Waals surface area contributed by atoms with Gasteiger partial charge in [-0.25, -0.2) is 8.42 Å². The normalized spacial score (nSPS) is 17.0. The van der Waals surface area contributed by atoms with E-state index in [4.69, 9.17) is 13.4 Å². The van der Waals surface area contributed by atoms with Gasteiger partial charge in [0, 0.05) is 49.3 Å². The van der Waals surface area contributed by atoms with Crippen LogP contribution < -0.4 is 20.7 Å². The van der Waals surface area contributed by atoms with Crippen LogP contribution in [0, 0.1) is 5.92 Å². The SMILES string of the molecule is [2H]C([2H])([2H])NC(=O)c1nnc(NC(=O)C2CC2)cc1Nc1cccc(-c2noc(C(=O)N3CCN(S(C)(=O)=O)CC3)n2)c1OC. The minimum atomic E-state index is -3.38. The van der Waals surface area contributed by atoms with Crippen molar-refractivity contribution < 1.29 is 36.2 Å². The molecule has 0 radical (unpaired) electrons. The number of nitrogens with one attached hydrogen (secondary N) is 3. The molecule has 1 aliphatic heterocycles. The van der Waals surface area contributed by atoms with Gasteiger partial charge in [-0.05, 0) is 25.0 Å². The Hall–Kier alpha value is -4.64. The van der Waals surface area contributed by atoms with E-state index in [2.05, 4.69) is 31.0 Å². The molecule has 3 N–H and O–H groups in total. The molecule has 2 aliphatic rings. The number of rotatable bonds is 9. The zero-order valence-electron chi connectivity index (χ0n) is 25.6. The lowest BCUT2D eigenvalue weighted by Crippen LogP contribution is -2.50. The second-order valence-corrected chi connectivity index (χ2v) is 11.6. The standard InChI is InChI=1S/C25H29N9O7S/c1-26-23(36)19-17(13-18(30-31-19)28-22(35)14-7-8-14)27-16-6-4-5-15(20(16)40-2)21-29-24(41-32-21)25(37)33-9-11-34(12-10-33)42(3,38)39/h4-6,13-14H,7-12H2,1-3H3,(H,26,36)(H2,27,28,30,35)/i1D3. The molecule has 1 aliphatic carbocycles. The highest BCUT2D eigenvalue weighted by Gasteiger charge is 2.31. The minimum Gasteiger partial charge on any atom is -0.494 e. The molecule has 2 aromatic heterocycles. The first-order valence-corrected chi connectivity index (χ1v) is 14.6. The average Bonchev–Trinajstić information content (AvgIpc) is 3.72. The number of aromatic nitrogens is 4. The average molecular weight is 603 g/mol. The maximum Gasteiger partial charge on any atom is 0.316 e. The monoisotopic (exact) mass is 602 g/mol. The van der Waals surface area contributed by atoms with Gasteiger partial charge in [-0.1, -0.05) is 11.2 Å². The van der Waals surface area contributed by atoms with Crippen molar-refractivity contribution in [3.63, 3.8) is 0 Å². The number of hydrogen-bond acceptors (Lipinski definition) is 12. The molecule has 42 heavy (non-hydrogen) atoms. The van der Waals surface area contributed by atoms with Crippen LogP contribution in [0.3, 0.4) is 0 Å². The van der Waals surface area contributed by atoms with Crippen molar-refractivity contribution >= 4 is 44.9 Å². The van der Waals surface area contributed by atoms with Crippen LogP contribution in [0.5, 0.6) is 5.75 Å². The van der Waals surface area contributed by atoms with Crippen molar-refractivity contribution in [1.29, 1.82) is 0 Å². The minimum absolute atomic E-state index is 0.000713. The van der Waals surface area contributed by atoms with E-state index in [9.17, 15) is 22.8 Å². The van der Waals surface area contributed by atoms with Crippen LogP contribution in [-0.4, -0.2) is 102 Å². The van der Waals surface area contributed by atoms with Crippen LogP contribution in [-0.2, 0) is 14.8 Å². The lowest BCUT2D eigenvalue weighted by atomic mass is 10.1. The Morgan fingerprint density at radius 3 is 2.55 bits per heavy atom. The number of anilines is 3. The Bertz CT molecular complexity index is 1740. The fraction of sp³-hybridized carbons (Fsp3) is 0.400. The maximum atomic E-state index is 13.0. The molecule has 3 amide bonds. The number of ether oxygens (including phenoxy) is 1. The number of sulfonamides is 1. The van der Waals surface area contributed by atoms with Gasteiger partial charge in [0.2, 0.25) is 21.8 Å². The van der Waals surface area contributed by atoms with E-state index in [0.717, 1.165) is 19.1 Å². The second-order valence-electron chi connectivity index (χ2n) is 9.60. The number of para-hydroxylation sites is 1. The number of hydrogen-bond donors (Lipinski definition) is 3. The summed E-state index contributed by atoms with van der Waals surface area (Å²) in [5.41, 5.74) is 0.196. The molecule has 1 saturated heterocycles. The fourth-order valence-corrected chi connectivity index (χ4v) is 5.13. The molecule has 16 nitrogen and oxygen atoms in total. The Morgan fingerprint density at radius 1 is 1.12 bits per heavy atom. The molecular formula is C25H29N9O7S. The van der Waals surface area contributed by atoms with Gasteiger partial charge in [-0.2, -0.15) is 9.29 Å². The van der Waals surface area contributed by atoms with E-state index in [1.165, 1.54) is 22.4 Å². The Labute approximate surface area is 245 Å². The van der Waals surface area contributed by atoms with Crippen molar-refractivity contribution in [1.82, 2.24) is 34.9 Å². The van der Waals surface area contributed by atoms with Gasteiger partial charge >= 0.3 is 11.8 Å². The summed E-state index contributed by atoms with van der Waals surface area (Å²) >= 11 is 0. The van der Waals surface area contributed by atoms with Crippen LogP contribution >= 0.6 is 0 Å². The third kappa shape index (κ3) is 6.15. The van der Waals surface area contributed by atoms with Gasteiger partial charge in [0.05, 0.1) is 30.3 Å². The van der Waals surface area contributed by atoms with E-state index in [1.54, 1.807) is 18.2 Å². The molecule has 0 bridgehead atoms. The van der Waals surface area contributed by atoms with Gasteiger partial charge in [-0.3, -0.25) is 14.4 Å². The van der Waals surface area contributed by atoms with E-state index in [0.29, 0.717) is 5.56 Å². The summed E-state index contributed by atoms with van der Waals surface area (Å²) in [6.45, 7) is -2.24. The third-order valence-electron chi connectivity index (χ3n) is 6.66. The highest BCUT2D eigenvalue weighted by molar-refractivity contribution is 7.88. The summed E-state index contributed by atoms with van der Waals surface area (Å²) in [6, 6.07) is 6.13. The fourth-order valence-electron chi connectivity index (χ4n) is 4.30. The van der Waals surface area contributed by atoms with Crippen LogP contribution in [0.25, 0.3) is 11.4 Å². The van der Waals surface area contributed by atoms with Crippen LogP contribution in [0.4, 0.5) is 17.2 Å². The van der Waals surface area contributed by atoms with Gasteiger partial charge in [0.1, 0.15) is 0 Å². The quantitative estimate of drug-likeness (QED) is 0.310. The number of carbonyl (C=O) groups excluding carboxylic acids is 3. The third-order valence-corrected chi connectivity index (χ3v) is 7.96. The summed E-state index contributed by atoms with van der Waals surface area (Å²) in [5, 5.41) is 19.1. The topological polar surface area (TPSA) is 202 Å². The van der Waals surface area contributed by atoms with E-state index < -0.39 is 28.8 Å². The Kier molecular flexibility index (Phi) is 6.99. The predicted octanol–water partition coefficient (Wildman–Crippen LogP) is 0.704. The van der Waals surface area contributed by atoms with E-state index in [-0.39, 0.29) is 78.4 Å². The van der Waals surface area contributed by atoms with Crippen molar-refractivity contribution in [3.8, 4) is 17.1 Å². The summed E-state index contributed by atoms with van der Waals surface area (Å²) in [7, 11) is -2.01. The van der Waals surface area contributed by atoms with Crippen LogP contribution in [0.15, 0.2) is 28.8 Å². The molecule has 0 unspecified atom stereocenters. The van der Waals surface area contributed by atoms with Crippen LogP contribution in [0.1, 0.15) is 38.1 Å². The first-order chi connectivity index (χ1) is 21.2. The molecule has 1 saturated carbocycles. The maximum absolute atomic E-state index is 13.0. The molecule has 222 valence electrons. The number of methoxy groups -OCH3 is 1. The number of carbonyl (C=O) groups is 3. The molecule has 5 rings (SSSR count). The smallest absolute Gasteiger partial charge is 0.316 e. The zero-order valence-corrected chi connectivity index (χ0v) is 23.4. The first-order valence-electron chi connectivity index (χ1n) is 14.3. The van der Waals surface area contributed by atoms with Crippen molar-refractivity contribution in [2.45, 2.75) is 12.8 Å². The van der Waals surface area contributed by atoms with Crippen molar-refractivity contribution in [2.24, 2.45) is 5.92 Å². The highest BCUT2D eigenvalue weighted by Crippen LogP contribution is 2.37. The highest BCUT2D eigenvalue weighted by atomic mass is 32.2. The number of benzene rings is 1. The molecule has 17 heteroatoms. The lowest BCUT2D eigenvalue weighted by Gasteiger charge is -2.32. The number of amides is 3. The van der Waals surface area contributed by atoms with Crippen molar-refractivity contribution in [2.75, 3.05) is 57.2 Å². The molecule has 1 aromatic carbocycles. The molecule has 0 spiro atoms. The first kappa shape index (κ1) is 25.1. The van der Waals surface area contributed by atoms with Crippen molar-refractivity contribution in [3.05, 3.63) is 35.9 Å². The molecule has 3 aromatic rings. The molecular weight excluding hydrogens is 570 g/mol. The zero-order chi connectivity index (χ0) is 32.5. The number of piperazine rings is 1. The summed E-state index contributed by atoms with van der Waals surface area (Å²) in [4.78, 5) is 43.8. The Morgan fingerprint density at radius 2 is 1.88 bits per heavy atom. The Balaban J connectivity index is 1.41. The lowest BCUT2D eigenvalue weighted by molar-refractivity contribution is -0.117. The van der Waals surface area contributed by atoms with E-state index in [1.807, 2.05) is 5.32 Å². The van der Waals surface area contributed by atoms with Gasteiger partial charge in [0.25, 0.3) is 5.91 Å². The van der Waals surface area contributed by atoms with Gasteiger partial charge in [0.15, 0.2) is 17.3 Å². The molecule has 2 fully saturated rings. The summed E-state index contributed by atoms with van der Waals surface area (Å²) < 4.78 is 57.9. The molecule has 0 atom stereocenters. The number of nitrogens with zero attached hydrogens (tertiary/aromatic N) is 6. The largest absolute Gasteiger partial charge is 0.494 e. The predicted molar refractivity (Wildman–Crippen MR) is 149 cm³/mol. The van der Waals surface area contributed by atoms with Gasteiger partial charge < -0.3 is 30.1 Å². The van der Waals surface area contributed by atoms with E-state index >= 15 is 0 Å². The van der Waals surface area contributed by atoms with Crippen LogP contribution in [0.2, 0.25) is 0 Å². The summed E-state index contributed by atoms with van der Waals surface area (Å²) in [5.74, 6) is -2.11. The molecule has 3 heterocycles. The second kappa shape index (κ2) is 11.7. The summed E-state index contributed by atoms with van der Waals surface area (Å²) in [6.07, 6.45) is 2.60. The van der Waals surface area contributed by atoms with Gasteiger partial charge in [-0.15, -0.1) is 10.2 Å².